The van der Waals surface area contributed by atoms with Crippen LogP contribution < -0.4 is 10.9 Å². The summed E-state index contributed by atoms with van der Waals surface area (Å²) in [5.74, 6) is -1.35. The fourth-order valence-corrected chi connectivity index (χ4v) is 1.23. The third kappa shape index (κ3) is 3.32. The maximum absolute atomic E-state index is 12.8. The van der Waals surface area contributed by atoms with Crippen LogP contribution in [0.2, 0.25) is 0 Å². The predicted octanol–water partition coefficient (Wildman–Crippen LogP) is 1.37. The van der Waals surface area contributed by atoms with Crippen LogP contribution in [0.15, 0.2) is 22.7 Å². The van der Waals surface area contributed by atoms with E-state index in [1.165, 1.54) is 19.1 Å². The van der Waals surface area contributed by atoms with E-state index in [0.717, 1.165) is 6.07 Å². The largest absolute Gasteiger partial charge is 0.274 e. The molecule has 1 rings (SSSR count). The molecule has 15 heavy (non-hydrogen) atoms. The Balaban J connectivity index is 2.74. The molecule has 0 aliphatic carbocycles. The third-order valence-electron chi connectivity index (χ3n) is 1.53. The third-order valence-corrected chi connectivity index (χ3v) is 2.14. The lowest BCUT2D eigenvalue weighted by Gasteiger charge is -2.05. The number of rotatable bonds is 1. The molecule has 0 spiro atoms. The predicted molar refractivity (Wildman–Crippen MR) is 55.4 cm³/mol. The molecule has 1 aromatic carbocycles. The van der Waals surface area contributed by atoms with Gasteiger partial charge in [0.05, 0.1) is 4.47 Å². The molecular weight excluding hydrogens is 267 g/mol. The lowest BCUT2D eigenvalue weighted by molar-refractivity contribution is -0.119. The topological polar surface area (TPSA) is 58.2 Å². The lowest BCUT2D eigenvalue weighted by Crippen LogP contribution is -2.40. The van der Waals surface area contributed by atoms with Crippen LogP contribution in [-0.4, -0.2) is 11.8 Å². The number of benzene rings is 1. The van der Waals surface area contributed by atoms with Gasteiger partial charge in [-0.25, -0.2) is 4.39 Å². The van der Waals surface area contributed by atoms with E-state index < -0.39 is 11.7 Å². The number of halogens is 2. The van der Waals surface area contributed by atoms with Crippen molar-refractivity contribution in [3.8, 4) is 0 Å². The van der Waals surface area contributed by atoms with E-state index >= 15 is 0 Å². The Bertz CT molecular complexity index is 409. The first-order chi connectivity index (χ1) is 7.00. The molecule has 0 heterocycles. The molecule has 4 nitrogen and oxygen atoms in total. The Labute approximate surface area is 94.0 Å². The molecule has 2 amide bonds. The first-order valence-corrected chi connectivity index (χ1v) is 4.82. The van der Waals surface area contributed by atoms with Crippen LogP contribution in [0.4, 0.5) is 4.39 Å². The van der Waals surface area contributed by atoms with Crippen molar-refractivity contribution in [3.63, 3.8) is 0 Å². The highest BCUT2D eigenvalue weighted by molar-refractivity contribution is 9.10. The summed E-state index contributed by atoms with van der Waals surface area (Å²) >= 11 is 2.95. The van der Waals surface area contributed by atoms with Crippen LogP contribution in [-0.2, 0) is 4.79 Å². The summed E-state index contributed by atoms with van der Waals surface area (Å²) in [5.41, 5.74) is 4.54. The van der Waals surface area contributed by atoms with Crippen LogP contribution in [0.25, 0.3) is 0 Å². The van der Waals surface area contributed by atoms with Gasteiger partial charge in [-0.1, -0.05) is 0 Å². The van der Waals surface area contributed by atoms with E-state index in [0.29, 0.717) is 0 Å². The lowest BCUT2D eigenvalue weighted by atomic mass is 10.2. The van der Waals surface area contributed by atoms with Crippen LogP contribution >= 0.6 is 15.9 Å². The van der Waals surface area contributed by atoms with E-state index in [2.05, 4.69) is 26.8 Å². The zero-order valence-corrected chi connectivity index (χ0v) is 9.39. The molecule has 6 heteroatoms. The van der Waals surface area contributed by atoms with E-state index in [4.69, 9.17) is 0 Å². The van der Waals surface area contributed by atoms with Gasteiger partial charge in [0.1, 0.15) is 5.82 Å². The maximum atomic E-state index is 12.8. The van der Waals surface area contributed by atoms with Crippen molar-refractivity contribution in [2.75, 3.05) is 0 Å². The average molecular weight is 275 g/mol. The monoisotopic (exact) mass is 274 g/mol. The molecule has 1 aromatic rings. The maximum Gasteiger partial charge on any atom is 0.269 e. The van der Waals surface area contributed by atoms with Gasteiger partial charge >= 0.3 is 0 Å². The number of hydrogen-bond donors (Lipinski definition) is 2. The van der Waals surface area contributed by atoms with E-state index in [9.17, 15) is 14.0 Å². The Kier molecular flexibility index (Phi) is 3.79. The highest BCUT2D eigenvalue weighted by atomic mass is 79.9. The van der Waals surface area contributed by atoms with Crippen molar-refractivity contribution in [3.05, 3.63) is 34.1 Å². The molecule has 0 aromatic heterocycles. The van der Waals surface area contributed by atoms with E-state index in [-0.39, 0.29) is 15.9 Å². The van der Waals surface area contributed by atoms with Gasteiger partial charge in [0.25, 0.3) is 5.91 Å². The van der Waals surface area contributed by atoms with Crippen LogP contribution in [0.3, 0.4) is 0 Å². The van der Waals surface area contributed by atoms with Gasteiger partial charge in [0.15, 0.2) is 0 Å². The summed E-state index contributed by atoms with van der Waals surface area (Å²) in [7, 11) is 0. The summed E-state index contributed by atoms with van der Waals surface area (Å²) in [5, 5.41) is 0. The average Bonchev–Trinajstić information content (AvgIpc) is 2.18. The van der Waals surface area contributed by atoms with Crippen LogP contribution in [0.1, 0.15) is 17.3 Å². The number of carbonyl (C=O) groups excluding carboxylic acids is 2. The summed E-state index contributed by atoms with van der Waals surface area (Å²) < 4.78 is 13.0. The van der Waals surface area contributed by atoms with Crippen molar-refractivity contribution in [2.45, 2.75) is 6.92 Å². The molecule has 0 bridgehead atoms. The van der Waals surface area contributed by atoms with Crippen molar-refractivity contribution in [1.82, 2.24) is 10.9 Å². The van der Waals surface area contributed by atoms with Gasteiger partial charge in [0, 0.05) is 12.5 Å². The minimum Gasteiger partial charge on any atom is -0.274 e. The fourth-order valence-electron chi connectivity index (χ4n) is 0.854. The summed E-state index contributed by atoms with van der Waals surface area (Å²) in [6, 6.07) is 3.80. The van der Waals surface area contributed by atoms with Gasteiger partial charge in [0.2, 0.25) is 5.91 Å². The van der Waals surface area contributed by atoms with Crippen LogP contribution in [0, 0.1) is 5.82 Å². The van der Waals surface area contributed by atoms with Gasteiger partial charge in [-0.15, -0.1) is 0 Å². The standard InChI is InChI=1S/C9H8BrFN2O2/c1-5(14)12-13-9(15)6-2-3-8(11)7(10)4-6/h2-4H,1H3,(H,12,14)(H,13,15). The van der Waals surface area contributed by atoms with Gasteiger partial charge in [-0.2, -0.15) is 0 Å². The molecule has 0 atom stereocenters. The summed E-state index contributed by atoms with van der Waals surface area (Å²) in [4.78, 5) is 21.8. The molecule has 0 aliphatic rings. The van der Waals surface area contributed by atoms with Crippen molar-refractivity contribution < 1.29 is 14.0 Å². The van der Waals surface area contributed by atoms with Crippen molar-refractivity contribution >= 4 is 27.7 Å². The molecule has 0 saturated heterocycles. The SMILES string of the molecule is CC(=O)NNC(=O)c1ccc(F)c(Br)c1. The van der Waals surface area contributed by atoms with Gasteiger partial charge in [-0.05, 0) is 34.1 Å². The number of carbonyl (C=O) groups is 2. The Morgan fingerprint density at radius 2 is 2.00 bits per heavy atom. The molecule has 0 radical (unpaired) electrons. The van der Waals surface area contributed by atoms with Gasteiger partial charge < -0.3 is 0 Å². The number of hydrogen-bond acceptors (Lipinski definition) is 2. The molecular formula is C9H8BrFN2O2. The van der Waals surface area contributed by atoms with Crippen molar-refractivity contribution in [2.24, 2.45) is 0 Å². The summed E-state index contributed by atoms with van der Waals surface area (Å²) in [6.45, 7) is 1.26. The zero-order valence-electron chi connectivity index (χ0n) is 7.80. The molecule has 80 valence electrons. The number of hydrazine groups is 1. The second kappa shape index (κ2) is 4.88. The Morgan fingerprint density at radius 1 is 1.33 bits per heavy atom. The van der Waals surface area contributed by atoms with E-state index in [1.54, 1.807) is 0 Å². The fraction of sp³-hybridized carbons (Fsp3) is 0.111. The van der Waals surface area contributed by atoms with Crippen LogP contribution in [0.5, 0.6) is 0 Å². The normalized spacial score (nSPS) is 9.53. The minimum absolute atomic E-state index is 0.193. The molecule has 0 aliphatic heterocycles. The first kappa shape index (κ1) is 11.6. The molecule has 0 fully saturated rings. The number of amides is 2. The summed E-state index contributed by atoms with van der Waals surface area (Å²) in [6.07, 6.45) is 0. The van der Waals surface area contributed by atoms with E-state index in [1.807, 2.05) is 0 Å². The second-order valence-corrected chi connectivity index (χ2v) is 3.62. The molecule has 2 N–H and O–H groups in total. The minimum atomic E-state index is -0.508. The first-order valence-electron chi connectivity index (χ1n) is 4.02. The Hall–Kier alpha value is -1.43. The second-order valence-electron chi connectivity index (χ2n) is 2.76. The molecule has 0 saturated carbocycles. The zero-order chi connectivity index (χ0) is 11.4. The molecule has 0 unspecified atom stereocenters. The van der Waals surface area contributed by atoms with Gasteiger partial charge in [-0.3, -0.25) is 20.4 Å². The van der Waals surface area contributed by atoms with Crippen molar-refractivity contribution in [1.29, 1.82) is 0 Å². The highest BCUT2D eigenvalue weighted by Crippen LogP contribution is 2.16. The quantitative estimate of drug-likeness (QED) is 0.760. The number of nitrogens with one attached hydrogen (secondary N) is 2. The smallest absolute Gasteiger partial charge is 0.269 e. The Morgan fingerprint density at radius 3 is 2.53 bits per heavy atom. The highest BCUT2D eigenvalue weighted by Gasteiger charge is 2.08.